The molecule has 8 nitrogen and oxygen atoms in total. The molecule has 10 heteroatoms. The van der Waals surface area contributed by atoms with Gasteiger partial charge in [0.15, 0.2) is 11.6 Å². The second kappa shape index (κ2) is 12.8. The number of ether oxygens (including phenoxy) is 1. The SMILES string of the molecule is CC(=O)C(C)(C)CN1CCN(C(=O)c2ccc(-c3cc4nccc(Oc5ccc(CC(=O)CC6CC6)cc5F)c4s3)nc2)CC1. The summed E-state index contributed by atoms with van der Waals surface area (Å²) in [6.45, 7) is 8.87. The van der Waals surface area contributed by atoms with Crippen LogP contribution in [0.2, 0.25) is 0 Å². The van der Waals surface area contributed by atoms with Crippen molar-refractivity contribution in [2.24, 2.45) is 11.3 Å². The third kappa shape index (κ3) is 7.28. The minimum Gasteiger partial charge on any atom is -0.453 e. The van der Waals surface area contributed by atoms with Gasteiger partial charge in [-0.3, -0.25) is 29.3 Å². The highest BCUT2D eigenvalue weighted by molar-refractivity contribution is 7.22. The Kier molecular flexibility index (Phi) is 8.79. The van der Waals surface area contributed by atoms with Crippen LogP contribution in [-0.2, 0) is 16.0 Å². The van der Waals surface area contributed by atoms with E-state index >= 15 is 0 Å². The molecule has 234 valence electrons. The van der Waals surface area contributed by atoms with E-state index < -0.39 is 11.2 Å². The van der Waals surface area contributed by atoms with Crippen molar-refractivity contribution in [1.82, 2.24) is 19.8 Å². The molecule has 1 amide bonds. The zero-order valence-corrected chi connectivity index (χ0v) is 26.7. The first kappa shape index (κ1) is 31.0. The zero-order valence-electron chi connectivity index (χ0n) is 25.8. The molecule has 6 rings (SSSR count). The normalized spacial score (nSPS) is 15.8. The highest BCUT2D eigenvalue weighted by Crippen LogP contribution is 2.39. The average molecular weight is 629 g/mol. The maximum absolute atomic E-state index is 15.0. The molecule has 4 aromatic rings. The van der Waals surface area contributed by atoms with Crippen molar-refractivity contribution in [2.45, 2.75) is 46.5 Å². The fraction of sp³-hybridized carbons (Fsp3) is 0.400. The van der Waals surface area contributed by atoms with Crippen LogP contribution in [0.25, 0.3) is 20.8 Å². The maximum atomic E-state index is 15.0. The van der Waals surface area contributed by atoms with Gasteiger partial charge in [0, 0.05) is 69.4 Å². The smallest absolute Gasteiger partial charge is 0.255 e. The molecule has 1 aromatic carbocycles. The number of benzene rings is 1. The fourth-order valence-corrected chi connectivity index (χ4v) is 6.59. The molecular weight excluding hydrogens is 591 g/mol. The van der Waals surface area contributed by atoms with Crippen LogP contribution in [0.15, 0.2) is 54.9 Å². The van der Waals surface area contributed by atoms with Crippen molar-refractivity contribution in [3.8, 4) is 22.1 Å². The first-order chi connectivity index (χ1) is 21.6. The van der Waals surface area contributed by atoms with Gasteiger partial charge in [0.2, 0.25) is 0 Å². The lowest BCUT2D eigenvalue weighted by Crippen LogP contribution is -2.51. The van der Waals surface area contributed by atoms with E-state index in [1.54, 1.807) is 43.6 Å². The molecule has 0 atom stereocenters. The fourth-order valence-electron chi connectivity index (χ4n) is 5.55. The van der Waals surface area contributed by atoms with Crippen LogP contribution >= 0.6 is 11.3 Å². The summed E-state index contributed by atoms with van der Waals surface area (Å²) in [6.07, 6.45) is 6.25. The Morgan fingerprint density at radius 2 is 1.78 bits per heavy atom. The van der Waals surface area contributed by atoms with Gasteiger partial charge in [-0.15, -0.1) is 11.3 Å². The first-order valence-electron chi connectivity index (χ1n) is 15.4. The van der Waals surface area contributed by atoms with Crippen molar-refractivity contribution in [1.29, 1.82) is 0 Å². The molecule has 0 unspecified atom stereocenters. The van der Waals surface area contributed by atoms with E-state index in [-0.39, 0.29) is 29.6 Å². The lowest BCUT2D eigenvalue weighted by Gasteiger charge is -2.38. The van der Waals surface area contributed by atoms with E-state index in [9.17, 15) is 18.8 Å². The summed E-state index contributed by atoms with van der Waals surface area (Å²) in [5, 5.41) is 0. The molecule has 4 heterocycles. The molecule has 1 saturated heterocycles. The number of carbonyl (C=O) groups is 3. The third-order valence-electron chi connectivity index (χ3n) is 8.70. The number of rotatable bonds is 11. The second-order valence-corrected chi connectivity index (χ2v) is 13.9. The number of hydrogen-bond donors (Lipinski definition) is 0. The van der Waals surface area contributed by atoms with Gasteiger partial charge >= 0.3 is 0 Å². The highest BCUT2D eigenvalue weighted by atomic mass is 32.1. The Morgan fingerprint density at radius 3 is 2.44 bits per heavy atom. The molecule has 0 bridgehead atoms. The summed E-state index contributed by atoms with van der Waals surface area (Å²) in [5.74, 6) is 0.799. The number of aromatic nitrogens is 2. The minimum atomic E-state index is -0.517. The van der Waals surface area contributed by atoms with Crippen molar-refractivity contribution in [3.63, 3.8) is 0 Å². The zero-order chi connectivity index (χ0) is 31.7. The van der Waals surface area contributed by atoms with E-state index in [4.69, 9.17) is 4.74 Å². The number of halogens is 1. The van der Waals surface area contributed by atoms with Crippen molar-refractivity contribution in [3.05, 3.63) is 71.8 Å². The second-order valence-electron chi connectivity index (χ2n) is 12.8. The number of thiophene rings is 1. The summed E-state index contributed by atoms with van der Waals surface area (Å²) in [4.78, 5) is 51.3. The summed E-state index contributed by atoms with van der Waals surface area (Å²) < 4.78 is 21.7. The molecule has 0 spiro atoms. The predicted octanol–water partition coefficient (Wildman–Crippen LogP) is 6.57. The van der Waals surface area contributed by atoms with E-state index in [0.717, 1.165) is 35.5 Å². The maximum Gasteiger partial charge on any atom is 0.255 e. The molecule has 1 aliphatic heterocycles. The predicted molar refractivity (Wildman–Crippen MR) is 172 cm³/mol. The molecule has 2 aliphatic rings. The average Bonchev–Trinajstić information content (AvgIpc) is 3.71. The Hall–Kier alpha value is -4.02. The number of pyridine rings is 2. The van der Waals surface area contributed by atoms with Crippen LogP contribution in [-0.4, -0.2) is 70.0 Å². The van der Waals surface area contributed by atoms with Crippen LogP contribution in [0, 0.1) is 17.2 Å². The Bertz CT molecular complexity index is 1740. The summed E-state index contributed by atoms with van der Waals surface area (Å²) >= 11 is 1.43. The molecule has 1 aliphatic carbocycles. The van der Waals surface area contributed by atoms with Gasteiger partial charge in [0.05, 0.1) is 26.4 Å². The summed E-state index contributed by atoms with van der Waals surface area (Å²) in [6, 6.07) is 11.9. The molecule has 0 radical (unpaired) electrons. The number of Topliss-reactive ketones (excluding diaryl/α,β-unsaturated/α-hetero) is 2. The van der Waals surface area contributed by atoms with E-state index in [0.29, 0.717) is 60.1 Å². The Labute approximate surface area is 266 Å². The largest absolute Gasteiger partial charge is 0.453 e. The number of piperazine rings is 1. The quantitative estimate of drug-likeness (QED) is 0.185. The van der Waals surface area contributed by atoms with Gasteiger partial charge < -0.3 is 9.64 Å². The van der Waals surface area contributed by atoms with Gasteiger partial charge in [-0.05, 0) is 61.6 Å². The Balaban J connectivity index is 1.10. The third-order valence-corrected chi connectivity index (χ3v) is 9.86. The molecule has 2 fully saturated rings. The number of ketones is 2. The van der Waals surface area contributed by atoms with E-state index in [1.807, 2.05) is 30.9 Å². The monoisotopic (exact) mass is 628 g/mol. The lowest BCUT2D eigenvalue weighted by atomic mass is 9.88. The highest BCUT2D eigenvalue weighted by Gasteiger charge is 2.30. The van der Waals surface area contributed by atoms with Crippen LogP contribution in [0.4, 0.5) is 4.39 Å². The van der Waals surface area contributed by atoms with E-state index in [1.165, 1.54) is 17.4 Å². The number of hydrogen-bond acceptors (Lipinski definition) is 8. The van der Waals surface area contributed by atoms with Crippen LogP contribution in [0.5, 0.6) is 11.5 Å². The molecule has 3 aromatic heterocycles. The molecule has 1 saturated carbocycles. The Morgan fingerprint density at radius 1 is 1.00 bits per heavy atom. The first-order valence-corrected chi connectivity index (χ1v) is 16.2. The standard InChI is InChI=1S/C35H37FN4O4S/c1-22(41)35(2,3)21-39-12-14-40(15-13-39)34(43)25-7-8-28(38-20-25)32-19-29-33(45-32)31(10-11-37-29)44-30-9-6-24(18-27(30)36)17-26(42)16-23-4-5-23/h6-11,18-20,23H,4-5,12-17,21H2,1-3H3. The minimum absolute atomic E-state index is 0.0615. The van der Waals surface area contributed by atoms with Gasteiger partial charge in [0.1, 0.15) is 17.3 Å². The van der Waals surface area contributed by atoms with Gasteiger partial charge in [0.25, 0.3) is 5.91 Å². The molecule has 0 N–H and O–H groups in total. The summed E-state index contributed by atoms with van der Waals surface area (Å²) in [5.41, 5.74) is 2.16. The number of nitrogens with zero attached hydrogens (tertiary/aromatic N) is 4. The van der Waals surface area contributed by atoms with Gasteiger partial charge in [-0.1, -0.05) is 19.9 Å². The number of fused-ring (bicyclic) bond motifs is 1. The van der Waals surface area contributed by atoms with Crippen molar-refractivity contribution in [2.75, 3.05) is 32.7 Å². The lowest BCUT2D eigenvalue weighted by molar-refractivity contribution is -0.126. The number of carbonyl (C=O) groups excluding carboxylic acids is 3. The van der Waals surface area contributed by atoms with Gasteiger partial charge in [-0.2, -0.15) is 0 Å². The van der Waals surface area contributed by atoms with Crippen LogP contribution in [0.1, 0.15) is 56.0 Å². The van der Waals surface area contributed by atoms with Crippen molar-refractivity contribution >= 4 is 39.0 Å². The molecular formula is C35H37FN4O4S. The van der Waals surface area contributed by atoms with Crippen molar-refractivity contribution < 1.29 is 23.5 Å². The molecule has 45 heavy (non-hydrogen) atoms. The van der Waals surface area contributed by atoms with Crippen LogP contribution in [0.3, 0.4) is 0 Å². The summed E-state index contributed by atoms with van der Waals surface area (Å²) in [7, 11) is 0. The van der Waals surface area contributed by atoms with E-state index in [2.05, 4.69) is 14.9 Å². The number of amides is 1. The van der Waals surface area contributed by atoms with Crippen LogP contribution < -0.4 is 4.74 Å². The topological polar surface area (TPSA) is 92.7 Å². The van der Waals surface area contributed by atoms with Gasteiger partial charge in [-0.25, -0.2) is 4.39 Å².